The molecule has 4 aromatic rings. The lowest BCUT2D eigenvalue weighted by atomic mass is 9.97. The Kier molecular flexibility index (Phi) is 6.52. The number of aryl methyl sites for hydroxylation is 1. The van der Waals surface area contributed by atoms with Crippen molar-refractivity contribution in [3.8, 4) is 17.3 Å². The predicted octanol–water partition coefficient (Wildman–Crippen LogP) is 3.48. The Labute approximate surface area is 205 Å². The third-order valence-corrected chi connectivity index (χ3v) is 6.28. The molecule has 35 heavy (non-hydrogen) atoms. The highest BCUT2D eigenvalue weighted by Gasteiger charge is 2.22. The second-order valence-electron chi connectivity index (χ2n) is 8.39. The van der Waals surface area contributed by atoms with Crippen molar-refractivity contribution in [2.45, 2.75) is 46.8 Å². The largest absolute Gasteiger partial charge is 0.480 e. The quantitative estimate of drug-likeness (QED) is 0.434. The number of aromatic nitrogens is 5. The third-order valence-electron chi connectivity index (χ3n) is 5.94. The number of nitrogens with zero attached hydrogens (tertiary/aromatic N) is 5. The molecule has 1 N–H and O–H groups in total. The number of hydrogen-bond donors (Lipinski definition) is 1. The lowest BCUT2D eigenvalue weighted by molar-refractivity contribution is 0.264. The minimum absolute atomic E-state index is 0.0663. The van der Waals surface area contributed by atoms with Gasteiger partial charge in [-0.1, -0.05) is 25.4 Å². The normalized spacial score (nSPS) is 11.6. The highest BCUT2D eigenvalue weighted by Crippen LogP contribution is 2.33. The van der Waals surface area contributed by atoms with Gasteiger partial charge in [0.15, 0.2) is 5.82 Å². The zero-order valence-electron chi connectivity index (χ0n) is 20.0. The van der Waals surface area contributed by atoms with Crippen LogP contribution in [-0.2, 0) is 13.2 Å². The summed E-state index contributed by atoms with van der Waals surface area (Å²) in [6.45, 7) is 7.17. The van der Waals surface area contributed by atoms with E-state index in [9.17, 15) is 14.7 Å². The highest BCUT2D eigenvalue weighted by molar-refractivity contribution is 6.33. The number of aliphatic hydroxyl groups is 1. The monoisotopic (exact) mass is 501 g/mol. The molecule has 1 aromatic carbocycles. The number of methoxy groups -OCH3 is 1. The second kappa shape index (κ2) is 9.27. The summed E-state index contributed by atoms with van der Waals surface area (Å²) in [6, 6.07) is 2.55. The van der Waals surface area contributed by atoms with Crippen LogP contribution < -0.4 is 16.0 Å². The Balaban J connectivity index is 2.08. The number of ether oxygens (including phenoxy) is 1. The van der Waals surface area contributed by atoms with Crippen LogP contribution in [0, 0.1) is 12.7 Å². The average Bonchev–Trinajstić information content (AvgIpc) is 3.15. The first-order chi connectivity index (χ1) is 16.6. The molecule has 0 radical (unpaired) electrons. The molecule has 0 saturated heterocycles. The number of benzene rings is 1. The maximum Gasteiger partial charge on any atom is 0.350 e. The first-order valence-electron chi connectivity index (χ1n) is 11.0. The Morgan fingerprint density at radius 1 is 1.23 bits per heavy atom. The van der Waals surface area contributed by atoms with Crippen LogP contribution in [-0.4, -0.2) is 36.1 Å². The lowest BCUT2D eigenvalue weighted by Crippen LogP contribution is -2.25. The van der Waals surface area contributed by atoms with Gasteiger partial charge in [-0.25, -0.2) is 14.2 Å². The van der Waals surface area contributed by atoms with E-state index in [1.54, 1.807) is 26.2 Å². The van der Waals surface area contributed by atoms with Crippen LogP contribution in [0.25, 0.3) is 22.1 Å². The molecule has 0 fully saturated rings. The van der Waals surface area contributed by atoms with Crippen molar-refractivity contribution in [2.75, 3.05) is 7.11 Å². The maximum absolute atomic E-state index is 15.4. The molecule has 3 heterocycles. The molecule has 9 nitrogen and oxygen atoms in total. The summed E-state index contributed by atoms with van der Waals surface area (Å²) in [4.78, 5) is 30.5. The van der Waals surface area contributed by atoms with Crippen LogP contribution in [0.2, 0.25) is 5.02 Å². The molecule has 11 heteroatoms. The molecular weight excluding hydrogens is 477 g/mol. The Morgan fingerprint density at radius 3 is 2.51 bits per heavy atom. The average molecular weight is 502 g/mol. The molecule has 0 aliphatic carbocycles. The van der Waals surface area contributed by atoms with Gasteiger partial charge in [0.1, 0.15) is 23.1 Å². The van der Waals surface area contributed by atoms with Crippen LogP contribution in [0.3, 0.4) is 0 Å². The maximum atomic E-state index is 15.4. The molecule has 0 aliphatic rings. The van der Waals surface area contributed by atoms with Gasteiger partial charge < -0.3 is 9.84 Å². The van der Waals surface area contributed by atoms with Crippen molar-refractivity contribution in [3.05, 3.63) is 73.2 Å². The van der Waals surface area contributed by atoms with Gasteiger partial charge in [0.05, 0.1) is 18.2 Å². The van der Waals surface area contributed by atoms with Gasteiger partial charge in [0.25, 0.3) is 5.56 Å². The van der Waals surface area contributed by atoms with Crippen molar-refractivity contribution >= 4 is 22.4 Å². The van der Waals surface area contributed by atoms with E-state index < -0.39 is 23.7 Å². The van der Waals surface area contributed by atoms with Gasteiger partial charge in [0.2, 0.25) is 5.88 Å². The molecule has 0 spiro atoms. The zero-order chi connectivity index (χ0) is 25.6. The van der Waals surface area contributed by atoms with E-state index in [0.717, 1.165) is 16.3 Å². The van der Waals surface area contributed by atoms with Crippen LogP contribution in [0.4, 0.5) is 4.39 Å². The Bertz CT molecular complexity index is 1570. The fourth-order valence-electron chi connectivity index (χ4n) is 4.18. The summed E-state index contributed by atoms with van der Waals surface area (Å²) in [6.07, 6.45) is 3.21. The van der Waals surface area contributed by atoms with Crippen molar-refractivity contribution in [1.82, 2.24) is 23.9 Å². The molecule has 0 atom stereocenters. The summed E-state index contributed by atoms with van der Waals surface area (Å²) >= 11 is 6.51. The number of aliphatic hydroxyl groups excluding tert-OH is 1. The van der Waals surface area contributed by atoms with Crippen molar-refractivity contribution in [1.29, 1.82) is 0 Å². The number of hydrogen-bond acceptors (Lipinski definition) is 6. The molecule has 0 unspecified atom stereocenters. The summed E-state index contributed by atoms with van der Waals surface area (Å²) in [5, 5.41) is 14.4. The number of fused-ring (bicyclic) bond motifs is 1. The van der Waals surface area contributed by atoms with Gasteiger partial charge in [-0.15, -0.1) is 5.10 Å². The van der Waals surface area contributed by atoms with Gasteiger partial charge in [-0.2, -0.15) is 4.68 Å². The molecular formula is C24H25ClFN5O4. The van der Waals surface area contributed by atoms with Crippen molar-refractivity contribution < 1.29 is 14.2 Å². The molecule has 0 saturated carbocycles. The summed E-state index contributed by atoms with van der Waals surface area (Å²) in [7, 11) is 1.43. The van der Waals surface area contributed by atoms with Gasteiger partial charge >= 0.3 is 5.69 Å². The molecule has 0 aliphatic heterocycles. The van der Waals surface area contributed by atoms with E-state index in [2.05, 4.69) is 10.1 Å². The Hall–Kier alpha value is -3.50. The van der Waals surface area contributed by atoms with Crippen molar-refractivity contribution in [3.63, 3.8) is 0 Å². The van der Waals surface area contributed by atoms with E-state index in [0.29, 0.717) is 16.6 Å². The first kappa shape index (κ1) is 24.6. The number of rotatable bonds is 6. The van der Waals surface area contributed by atoms with Crippen molar-refractivity contribution in [2.24, 2.45) is 0 Å². The molecule has 0 bridgehead atoms. The first-order valence-corrected chi connectivity index (χ1v) is 11.4. The standard InChI is InChI=1S/C24H25ClFN5O4/c1-6-29-19(11-32)28-31(24(29)34)18-8-14-15(7-17(18)26)23(33)30(10-16(14)12(2)3)21-13(4)9-27-22(35-5)20(21)25/h7-10,12,32H,6,11H2,1-5H3. The minimum atomic E-state index is -0.801. The molecule has 0 amide bonds. The van der Waals surface area contributed by atoms with E-state index in [1.165, 1.54) is 22.3 Å². The van der Waals surface area contributed by atoms with Gasteiger partial charge in [-0.05, 0) is 48.4 Å². The summed E-state index contributed by atoms with van der Waals surface area (Å²) in [5.41, 5.74) is 0.580. The van der Waals surface area contributed by atoms with E-state index in [1.807, 2.05) is 13.8 Å². The summed E-state index contributed by atoms with van der Waals surface area (Å²) in [5.74, 6) is -0.585. The minimum Gasteiger partial charge on any atom is -0.480 e. The lowest BCUT2D eigenvalue weighted by Gasteiger charge is -2.18. The topological polar surface area (TPSA) is 104 Å². The van der Waals surface area contributed by atoms with E-state index >= 15 is 4.39 Å². The van der Waals surface area contributed by atoms with Gasteiger partial charge in [-0.3, -0.25) is 13.9 Å². The Morgan fingerprint density at radius 2 is 1.94 bits per heavy atom. The van der Waals surface area contributed by atoms with Crippen LogP contribution in [0.15, 0.2) is 34.1 Å². The van der Waals surface area contributed by atoms with Crippen LogP contribution in [0.5, 0.6) is 5.88 Å². The van der Waals surface area contributed by atoms with Crippen LogP contribution >= 0.6 is 11.6 Å². The third kappa shape index (κ3) is 3.92. The van der Waals surface area contributed by atoms with Crippen LogP contribution in [0.1, 0.15) is 43.6 Å². The SMILES string of the molecule is CCn1c(CO)nn(-c2cc3c(C(C)C)cn(-c4c(C)cnc(OC)c4Cl)c(=O)c3cc2F)c1=O. The van der Waals surface area contributed by atoms with Gasteiger partial charge in [0, 0.05) is 18.9 Å². The predicted molar refractivity (Wildman–Crippen MR) is 131 cm³/mol. The summed E-state index contributed by atoms with van der Waals surface area (Å²) < 4.78 is 24.1. The highest BCUT2D eigenvalue weighted by atomic mass is 35.5. The fourth-order valence-corrected chi connectivity index (χ4v) is 4.54. The fraction of sp³-hybridized carbons (Fsp3) is 0.333. The zero-order valence-corrected chi connectivity index (χ0v) is 20.7. The molecule has 3 aromatic heterocycles. The van der Waals surface area contributed by atoms with E-state index in [4.69, 9.17) is 16.3 Å². The van der Waals surface area contributed by atoms with E-state index in [-0.39, 0.29) is 40.3 Å². The number of pyridine rings is 2. The molecule has 4 rings (SSSR count). The smallest absolute Gasteiger partial charge is 0.350 e. The second-order valence-corrected chi connectivity index (χ2v) is 8.77. The molecule has 184 valence electrons. The number of halogens is 2.